The first-order chi connectivity index (χ1) is 12.9. The molecule has 9 heteroatoms. The van der Waals surface area contributed by atoms with Gasteiger partial charge in [-0.1, -0.05) is 6.07 Å². The van der Waals surface area contributed by atoms with E-state index in [9.17, 15) is 14.9 Å². The first-order valence-corrected chi connectivity index (χ1v) is 9.16. The second-order valence-electron chi connectivity index (χ2n) is 5.70. The van der Waals surface area contributed by atoms with Crippen molar-refractivity contribution < 1.29 is 14.1 Å². The molecule has 0 radical (unpaired) electrons. The highest BCUT2D eigenvalue weighted by Crippen LogP contribution is 2.27. The maximum atomic E-state index is 12.8. The van der Waals surface area contributed by atoms with E-state index in [-0.39, 0.29) is 5.69 Å². The van der Waals surface area contributed by atoms with Crippen molar-refractivity contribution in [2.75, 3.05) is 11.6 Å². The minimum Gasteiger partial charge on any atom is -0.461 e. The van der Waals surface area contributed by atoms with Crippen molar-refractivity contribution in [1.82, 2.24) is 9.97 Å². The van der Waals surface area contributed by atoms with Gasteiger partial charge in [0.25, 0.3) is 11.6 Å². The van der Waals surface area contributed by atoms with Gasteiger partial charge in [0.2, 0.25) is 0 Å². The minimum absolute atomic E-state index is 0.0953. The molecule has 0 aliphatic rings. The number of nitrogens with one attached hydrogen (secondary N) is 1. The van der Waals surface area contributed by atoms with Crippen LogP contribution in [0, 0.1) is 24.0 Å². The highest BCUT2D eigenvalue weighted by atomic mass is 32.2. The van der Waals surface area contributed by atoms with Gasteiger partial charge in [-0.2, -0.15) is 0 Å². The molecule has 0 saturated carbocycles. The van der Waals surface area contributed by atoms with Crippen molar-refractivity contribution >= 4 is 29.0 Å². The number of non-ortho nitro benzene ring substituents is 1. The van der Waals surface area contributed by atoms with Crippen LogP contribution in [-0.2, 0) is 0 Å². The number of benzene rings is 1. The first-order valence-electron chi connectivity index (χ1n) is 7.93. The van der Waals surface area contributed by atoms with Crippen LogP contribution in [0.1, 0.15) is 21.6 Å². The third-order valence-electron chi connectivity index (χ3n) is 3.90. The van der Waals surface area contributed by atoms with Crippen LogP contribution in [0.2, 0.25) is 0 Å². The summed E-state index contributed by atoms with van der Waals surface area (Å²) in [6.45, 7) is 3.47. The number of hydrogen-bond acceptors (Lipinski definition) is 7. The number of nitrogens with zero attached hydrogens (tertiary/aromatic N) is 3. The Hall–Kier alpha value is -3.20. The summed E-state index contributed by atoms with van der Waals surface area (Å²) >= 11 is 1.31. The molecule has 0 bridgehead atoms. The van der Waals surface area contributed by atoms with Gasteiger partial charge in [0.05, 0.1) is 28.1 Å². The van der Waals surface area contributed by atoms with Crippen molar-refractivity contribution in [2.45, 2.75) is 18.9 Å². The highest BCUT2D eigenvalue weighted by molar-refractivity contribution is 7.98. The predicted octanol–water partition coefficient (Wildman–Crippen LogP) is 4.24. The van der Waals surface area contributed by atoms with E-state index in [0.717, 1.165) is 0 Å². The summed E-state index contributed by atoms with van der Waals surface area (Å²) in [4.78, 5) is 32.1. The molecular formula is C18H16N4O4S. The molecule has 2 aromatic heterocycles. The van der Waals surface area contributed by atoms with Gasteiger partial charge >= 0.3 is 0 Å². The van der Waals surface area contributed by atoms with Gasteiger partial charge in [0.1, 0.15) is 5.03 Å². The van der Waals surface area contributed by atoms with Crippen LogP contribution in [0.15, 0.2) is 46.0 Å². The lowest BCUT2D eigenvalue weighted by molar-refractivity contribution is -0.384. The average molecular weight is 384 g/mol. The summed E-state index contributed by atoms with van der Waals surface area (Å²) in [6.07, 6.45) is 3.33. The Morgan fingerprint density at radius 2 is 2.04 bits per heavy atom. The largest absolute Gasteiger partial charge is 0.461 e. The molecule has 3 aromatic rings. The Kier molecular flexibility index (Phi) is 5.22. The number of anilines is 1. The lowest BCUT2D eigenvalue weighted by Gasteiger charge is -2.13. The molecule has 1 amide bonds. The fourth-order valence-electron chi connectivity index (χ4n) is 2.51. The molecule has 1 N–H and O–H groups in total. The van der Waals surface area contributed by atoms with E-state index in [0.29, 0.717) is 39.1 Å². The number of aromatic nitrogens is 2. The van der Waals surface area contributed by atoms with Gasteiger partial charge in [0.15, 0.2) is 11.6 Å². The molecule has 27 heavy (non-hydrogen) atoms. The number of thioether (sulfide) groups is 1. The molecule has 138 valence electrons. The fraction of sp³-hybridized carbons (Fsp3) is 0.167. The number of rotatable bonds is 5. The topological polar surface area (TPSA) is 111 Å². The first kappa shape index (κ1) is 18.6. The Labute approximate surface area is 159 Å². The van der Waals surface area contributed by atoms with Gasteiger partial charge in [-0.15, -0.1) is 11.8 Å². The zero-order chi connectivity index (χ0) is 19.6. The molecule has 3 rings (SSSR count). The molecule has 2 heterocycles. The third kappa shape index (κ3) is 3.82. The summed E-state index contributed by atoms with van der Waals surface area (Å²) in [5.74, 6) is 0.478. The van der Waals surface area contributed by atoms with E-state index < -0.39 is 10.8 Å². The quantitative estimate of drug-likeness (QED) is 0.303. The molecule has 8 nitrogen and oxygen atoms in total. The van der Waals surface area contributed by atoms with Crippen LogP contribution in [0.25, 0.3) is 11.6 Å². The monoisotopic (exact) mass is 384 g/mol. The number of nitro benzene ring substituents is 1. The zero-order valence-electron chi connectivity index (χ0n) is 14.8. The molecule has 0 fully saturated rings. The Bertz CT molecular complexity index is 1020. The van der Waals surface area contributed by atoms with Crippen molar-refractivity contribution in [3.05, 3.63) is 63.5 Å². The third-order valence-corrected chi connectivity index (χ3v) is 4.58. The lowest BCUT2D eigenvalue weighted by atomic mass is 10.1. The van der Waals surface area contributed by atoms with Crippen molar-refractivity contribution in [3.63, 3.8) is 0 Å². The van der Waals surface area contributed by atoms with Gasteiger partial charge in [-0.3, -0.25) is 14.9 Å². The Morgan fingerprint density at radius 1 is 1.26 bits per heavy atom. The van der Waals surface area contributed by atoms with E-state index >= 15 is 0 Å². The number of aryl methyl sites for hydroxylation is 2. The number of carbonyl (C=O) groups excluding carboxylic acids is 1. The molecule has 1 aromatic carbocycles. The highest BCUT2D eigenvalue weighted by Gasteiger charge is 2.21. The predicted molar refractivity (Wildman–Crippen MR) is 102 cm³/mol. The number of amides is 1. The SMILES string of the molecule is CSc1nc(-c2ccco2)nc(C)c1C(=O)Nc1cc([N+](=O)[O-])ccc1C. The maximum Gasteiger partial charge on any atom is 0.271 e. The fourth-order valence-corrected chi connectivity index (χ4v) is 3.14. The second-order valence-corrected chi connectivity index (χ2v) is 6.50. The molecule has 0 aliphatic heterocycles. The normalized spacial score (nSPS) is 10.6. The van der Waals surface area contributed by atoms with Crippen LogP contribution < -0.4 is 5.32 Å². The van der Waals surface area contributed by atoms with Crippen molar-refractivity contribution in [3.8, 4) is 11.6 Å². The molecule has 0 unspecified atom stereocenters. The number of furan rings is 1. The molecule has 0 aliphatic carbocycles. The Balaban J connectivity index is 1.98. The van der Waals surface area contributed by atoms with Gasteiger partial charge in [0, 0.05) is 12.1 Å². The number of nitro groups is 1. The summed E-state index contributed by atoms with van der Waals surface area (Å²) in [7, 11) is 0. The van der Waals surface area contributed by atoms with Gasteiger partial charge < -0.3 is 9.73 Å². The van der Waals surface area contributed by atoms with E-state index in [1.54, 1.807) is 32.0 Å². The summed E-state index contributed by atoms with van der Waals surface area (Å²) in [5.41, 5.74) is 1.80. The van der Waals surface area contributed by atoms with E-state index in [1.807, 2.05) is 6.26 Å². The zero-order valence-corrected chi connectivity index (χ0v) is 15.7. The molecular weight excluding hydrogens is 368 g/mol. The smallest absolute Gasteiger partial charge is 0.271 e. The van der Waals surface area contributed by atoms with Gasteiger partial charge in [-0.25, -0.2) is 9.97 Å². The van der Waals surface area contributed by atoms with Crippen LogP contribution in [0.5, 0.6) is 0 Å². The van der Waals surface area contributed by atoms with Crippen LogP contribution in [-0.4, -0.2) is 27.1 Å². The number of hydrogen-bond donors (Lipinski definition) is 1. The Morgan fingerprint density at radius 3 is 2.67 bits per heavy atom. The molecule has 0 spiro atoms. The van der Waals surface area contributed by atoms with Gasteiger partial charge in [-0.05, 0) is 37.8 Å². The lowest BCUT2D eigenvalue weighted by Crippen LogP contribution is -2.17. The van der Waals surface area contributed by atoms with E-state index in [1.165, 1.54) is 30.2 Å². The van der Waals surface area contributed by atoms with Crippen LogP contribution >= 0.6 is 11.8 Å². The number of carbonyl (C=O) groups is 1. The maximum absolute atomic E-state index is 12.8. The molecule has 0 saturated heterocycles. The van der Waals surface area contributed by atoms with E-state index in [4.69, 9.17) is 4.42 Å². The van der Waals surface area contributed by atoms with Crippen molar-refractivity contribution in [2.24, 2.45) is 0 Å². The summed E-state index contributed by atoms with van der Waals surface area (Å²) < 4.78 is 5.32. The summed E-state index contributed by atoms with van der Waals surface area (Å²) in [6, 6.07) is 7.79. The van der Waals surface area contributed by atoms with E-state index in [2.05, 4.69) is 15.3 Å². The second kappa shape index (κ2) is 7.58. The molecule has 0 atom stereocenters. The van der Waals surface area contributed by atoms with Crippen molar-refractivity contribution in [1.29, 1.82) is 0 Å². The van der Waals surface area contributed by atoms with Crippen LogP contribution in [0.4, 0.5) is 11.4 Å². The minimum atomic E-state index is -0.505. The summed E-state index contributed by atoms with van der Waals surface area (Å²) in [5, 5.41) is 14.2. The van der Waals surface area contributed by atoms with Crippen LogP contribution in [0.3, 0.4) is 0 Å². The average Bonchev–Trinajstić information content (AvgIpc) is 3.17. The standard InChI is InChI=1S/C18H16N4O4S/c1-10-6-7-12(22(24)25)9-13(10)20-17(23)15-11(2)19-16(21-18(15)27-3)14-5-4-8-26-14/h4-9H,1-3H3,(H,20,23).